The van der Waals surface area contributed by atoms with Crippen LogP contribution in [0, 0.1) is 29.1 Å². The number of carbonyl (C=O) groups excluding carboxylic acids is 2. The molecule has 25 heteroatoms. The Morgan fingerprint density at radius 1 is 0.889 bits per heavy atom. The van der Waals surface area contributed by atoms with Crippen molar-refractivity contribution in [3.63, 3.8) is 0 Å². The van der Waals surface area contributed by atoms with Gasteiger partial charge in [-0.15, -0.1) is 0 Å². The highest BCUT2D eigenvalue weighted by Crippen LogP contribution is 2.29. The number of phenolic OH excluding ortho intramolecular Hbond substituents is 2. The van der Waals surface area contributed by atoms with Gasteiger partial charge in [0.05, 0.1) is 89.6 Å². The quantitative estimate of drug-likeness (QED) is 0.00626. The van der Waals surface area contributed by atoms with Crippen molar-refractivity contribution in [2.45, 2.75) is 63.8 Å². The summed E-state index contributed by atoms with van der Waals surface area (Å²) in [7, 11) is 0. The SMILES string of the molecule is CCCOCCOCCOCCOCCN=C/C(CCCCNC(=O)Nc1ccc(O)cc1O)=N\N.O=COc1c(F)c(F)c(F)c(F)c1F.OC1COC(CCN(O)O)CC1O. The van der Waals surface area contributed by atoms with Crippen molar-refractivity contribution >= 4 is 30.1 Å². The van der Waals surface area contributed by atoms with E-state index in [4.69, 9.17) is 45.0 Å². The van der Waals surface area contributed by atoms with Crippen LogP contribution in [0.4, 0.5) is 32.4 Å². The lowest BCUT2D eigenvalue weighted by Crippen LogP contribution is -2.42. The van der Waals surface area contributed by atoms with Gasteiger partial charge >= 0.3 is 6.03 Å². The number of nitrogens with two attached hydrogens (primary N) is 1. The van der Waals surface area contributed by atoms with Crippen molar-refractivity contribution in [1.82, 2.24) is 10.5 Å². The van der Waals surface area contributed by atoms with E-state index >= 15 is 0 Å². The Balaban J connectivity index is 0.000000592. The molecule has 0 radical (unpaired) electrons. The highest BCUT2D eigenvalue weighted by Gasteiger charge is 2.28. The van der Waals surface area contributed by atoms with Crippen LogP contribution >= 0.6 is 0 Å². The monoisotopic (exact) mass is 916 g/mol. The molecule has 63 heavy (non-hydrogen) atoms. The van der Waals surface area contributed by atoms with Crippen LogP contribution in [0.1, 0.15) is 45.4 Å². The number of urea groups is 1. The molecule has 10 N–H and O–H groups in total. The summed E-state index contributed by atoms with van der Waals surface area (Å²) < 4.78 is 92.6. The van der Waals surface area contributed by atoms with Crippen molar-refractivity contribution in [2.24, 2.45) is 15.9 Å². The van der Waals surface area contributed by atoms with Crippen LogP contribution in [-0.4, -0.2) is 158 Å². The fraction of sp³-hybridized carbons (Fsp3) is 0.579. The molecule has 0 spiro atoms. The number of hydroxylamine groups is 2. The molecule has 1 aliphatic heterocycles. The predicted octanol–water partition coefficient (Wildman–Crippen LogP) is 3.14. The van der Waals surface area contributed by atoms with E-state index in [9.17, 15) is 46.9 Å². The van der Waals surface area contributed by atoms with Crippen LogP contribution in [0.3, 0.4) is 0 Å². The summed E-state index contributed by atoms with van der Waals surface area (Å²) in [5.41, 5.74) is 0.876. The summed E-state index contributed by atoms with van der Waals surface area (Å²) >= 11 is 0. The molecule has 1 fully saturated rings. The van der Waals surface area contributed by atoms with Gasteiger partial charge in [0.25, 0.3) is 6.47 Å². The average Bonchev–Trinajstić information content (AvgIpc) is 3.26. The zero-order chi connectivity index (χ0) is 47.0. The van der Waals surface area contributed by atoms with Gasteiger partial charge in [0.1, 0.15) is 17.6 Å². The number of halogens is 5. The number of hydrogen-bond acceptors (Lipinski definition) is 18. The lowest BCUT2D eigenvalue weighted by atomic mass is 10.0. The molecular weight excluding hydrogens is 859 g/mol. The van der Waals surface area contributed by atoms with Crippen molar-refractivity contribution in [3.05, 3.63) is 47.3 Å². The van der Waals surface area contributed by atoms with Gasteiger partial charge in [-0.2, -0.15) is 13.9 Å². The van der Waals surface area contributed by atoms with E-state index in [2.05, 4.69) is 32.4 Å². The minimum atomic E-state index is -2.31. The number of hydrogen-bond donors (Lipinski definition) is 9. The van der Waals surface area contributed by atoms with Crippen LogP contribution < -0.4 is 21.2 Å². The van der Waals surface area contributed by atoms with E-state index in [-0.39, 0.29) is 41.7 Å². The molecule has 2 amide bonds. The number of aliphatic imine (C=N–C) groups is 1. The summed E-state index contributed by atoms with van der Waals surface area (Å²) in [5.74, 6) is -7.50. The molecule has 1 aliphatic rings. The second-order valence-corrected chi connectivity index (χ2v) is 13.0. The number of aromatic hydroxyl groups is 2. The molecule has 2 aromatic carbocycles. The molecular formula is C38H57F5N6O14. The third-order valence-electron chi connectivity index (χ3n) is 8.05. The van der Waals surface area contributed by atoms with Gasteiger partial charge in [0.15, 0.2) is 0 Å². The minimum Gasteiger partial charge on any atom is -0.508 e. The fourth-order valence-corrected chi connectivity index (χ4v) is 4.82. The number of amides is 2. The van der Waals surface area contributed by atoms with Crippen molar-refractivity contribution in [2.75, 3.05) is 84.4 Å². The van der Waals surface area contributed by atoms with Gasteiger partial charge in [-0.3, -0.25) is 20.2 Å². The molecule has 1 saturated heterocycles. The standard InChI is InChI=1S/C24H41N5O7.C7HF5O2.C7H15NO5/c1-2-10-33-12-14-35-16-17-36-15-13-34-11-9-26-19-20(29-25)5-3-4-8-27-24(32)28-22-7-6-21(30)18-23(22)31;8-2-3(9)5(11)7(14-1-13)6(12)4(2)10;9-6-3-5(1-2-8(11)12)13-4-7(6)10/h6-7,18-19,30-31H,2-5,8-17,25H2,1H3,(H2,27,28,32);1H;5-7,9-12H,1-4H2/b26-19?,29-20-;;. The number of aliphatic hydroxyl groups excluding tert-OH is 2. The maximum Gasteiger partial charge on any atom is 0.319 e. The number of phenols is 2. The van der Waals surface area contributed by atoms with Gasteiger partial charge in [-0.25, -0.2) is 18.0 Å². The lowest BCUT2D eigenvalue weighted by molar-refractivity contribution is -0.309. The third-order valence-corrected chi connectivity index (χ3v) is 8.05. The van der Waals surface area contributed by atoms with Gasteiger partial charge in [0, 0.05) is 31.9 Å². The zero-order valence-electron chi connectivity index (χ0n) is 34.6. The van der Waals surface area contributed by atoms with E-state index in [1.165, 1.54) is 12.1 Å². The molecule has 0 bridgehead atoms. The highest BCUT2D eigenvalue weighted by molar-refractivity contribution is 6.30. The molecule has 20 nitrogen and oxygen atoms in total. The number of anilines is 1. The average molecular weight is 917 g/mol. The first-order valence-corrected chi connectivity index (χ1v) is 19.6. The maximum atomic E-state index is 12.6. The molecule has 1 heterocycles. The fourth-order valence-electron chi connectivity index (χ4n) is 4.82. The van der Waals surface area contributed by atoms with Crippen LogP contribution in [0.15, 0.2) is 28.3 Å². The minimum absolute atomic E-state index is 0.0630. The molecule has 3 rings (SSSR count). The summed E-state index contributed by atoms with van der Waals surface area (Å²) in [4.78, 5) is 25.8. The number of nitrogens with one attached hydrogen (secondary N) is 2. The Labute approximate surface area is 359 Å². The van der Waals surface area contributed by atoms with Gasteiger partial charge in [-0.05, 0) is 44.2 Å². The van der Waals surface area contributed by atoms with Crippen molar-refractivity contribution < 1.29 is 90.8 Å². The lowest BCUT2D eigenvalue weighted by Gasteiger charge is -2.30. The smallest absolute Gasteiger partial charge is 0.319 e. The maximum absolute atomic E-state index is 12.6. The number of ether oxygens (including phenoxy) is 6. The van der Waals surface area contributed by atoms with Gasteiger partial charge in [0.2, 0.25) is 34.8 Å². The van der Waals surface area contributed by atoms with Crippen LogP contribution in [0.5, 0.6) is 17.2 Å². The molecule has 0 saturated carbocycles. The second-order valence-electron chi connectivity index (χ2n) is 13.0. The van der Waals surface area contributed by atoms with Crippen LogP contribution in [-0.2, 0) is 28.5 Å². The predicted molar refractivity (Wildman–Crippen MR) is 213 cm³/mol. The summed E-state index contributed by atoms with van der Waals surface area (Å²) in [6, 6.07) is 3.49. The largest absolute Gasteiger partial charge is 0.508 e. The summed E-state index contributed by atoms with van der Waals surface area (Å²) in [5, 5.41) is 63.2. The number of unbranched alkanes of at least 4 members (excludes halogenated alkanes) is 1. The second kappa shape index (κ2) is 33.7. The van der Waals surface area contributed by atoms with Crippen molar-refractivity contribution in [1.29, 1.82) is 0 Å². The number of aliphatic hydroxyl groups is 2. The Morgan fingerprint density at radius 3 is 2.02 bits per heavy atom. The summed E-state index contributed by atoms with van der Waals surface area (Å²) in [6.07, 6.45) is 3.67. The first-order valence-electron chi connectivity index (χ1n) is 19.6. The Bertz CT molecular complexity index is 1640. The van der Waals surface area contributed by atoms with E-state index in [1.54, 1.807) is 6.21 Å². The first kappa shape index (κ1) is 56.2. The summed E-state index contributed by atoms with van der Waals surface area (Å²) in [6.45, 7) is 7.18. The van der Waals surface area contributed by atoms with E-state index in [1.807, 2.05) is 0 Å². The normalized spacial score (nSPS) is 16.2. The molecule has 0 aromatic heterocycles. The zero-order valence-corrected chi connectivity index (χ0v) is 34.6. The highest BCUT2D eigenvalue weighted by atomic mass is 19.2. The number of carbonyl (C=O) groups is 2. The number of rotatable bonds is 26. The van der Waals surface area contributed by atoms with E-state index in [0.717, 1.165) is 25.5 Å². The number of benzene rings is 2. The molecule has 358 valence electrons. The van der Waals surface area contributed by atoms with E-state index in [0.29, 0.717) is 90.7 Å². The Morgan fingerprint density at radius 2 is 1.48 bits per heavy atom. The topological polar surface area (TPSA) is 289 Å². The van der Waals surface area contributed by atoms with E-state index < -0.39 is 59.5 Å². The first-order chi connectivity index (χ1) is 30.2. The third kappa shape index (κ3) is 24.6. The van der Waals surface area contributed by atoms with Gasteiger partial charge < -0.3 is 65.3 Å². The Kier molecular flexibility index (Phi) is 30.0. The van der Waals surface area contributed by atoms with Crippen molar-refractivity contribution in [3.8, 4) is 17.2 Å². The molecule has 3 unspecified atom stereocenters. The van der Waals surface area contributed by atoms with Gasteiger partial charge in [-0.1, -0.05) is 12.2 Å². The molecule has 2 aromatic rings. The number of hydrazone groups is 1. The Hall–Kier alpha value is -4.83. The molecule has 3 atom stereocenters. The van der Waals surface area contributed by atoms with Crippen LogP contribution in [0.2, 0.25) is 0 Å². The number of nitrogens with zero attached hydrogens (tertiary/aromatic N) is 3. The molecule has 0 aliphatic carbocycles. The van der Waals surface area contributed by atoms with Crippen LogP contribution in [0.25, 0.3) is 0 Å².